The molecule has 0 bridgehead atoms. The van der Waals surface area contributed by atoms with E-state index in [2.05, 4.69) is 5.32 Å². The van der Waals surface area contributed by atoms with Crippen LogP contribution in [-0.2, 0) is 9.84 Å². The van der Waals surface area contributed by atoms with Crippen molar-refractivity contribution < 1.29 is 12.8 Å². The fourth-order valence-corrected chi connectivity index (χ4v) is 2.31. The summed E-state index contributed by atoms with van der Waals surface area (Å²) in [5.74, 6) is -0.606. The van der Waals surface area contributed by atoms with Crippen LogP contribution in [-0.4, -0.2) is 14.7 Å². The summed E-state index contributed by atoms with van der Waals surface area (Å²) in [5, 5.41) is 11.8. The third-order valence-electron chi connectivity index (χ3n) is 2.69. The average Bonchev–Trinajstić information content (AvgIpc) is 2.38. The molecule has 6 heteroatoms. The number of halogens is 1. The Bertz CT molecular complexity index is 778. The van der Waals surface area contributed by atoms with Crippen LogP contribution in [0.2, 0.25) is 0 Å². The molecule has 0 atom stereocenters. The Morgan fingerprint density at radius 2 is 1.80 bits per heavy atom. The van der Waals surface area contributed by atoms with Gasteiger partial charge in [-0.15, -0.1) is 0 Å². The molecular weight excluding hydrogens is 279 g/mol. The van der Waals surface area contributed by atoms with E-state index in [1.807, 2.05) is 0 Å². The van der Waals surface area contributed by atoms with Gasteiger partial charge in [0.05, 0.1) is 10.6 Å². The predicted octanol–water partition coefficient (Wildman–Crippen LogP) is 2.84. The number of anilines is 2. The SMILES string of the molecule is CS(=O)(=O)c1ccc(Nc2cccc(F)c2C#N)cc1. The molecule has 20 heavy (non-hydrogen) atoms. The quantitative estimate of drug-likeness (QED) is 0.943. The van der Waals surface area contributed by atoms with Gasteiger partial charge in [0.1, 0.15) is 17.4 Å². The minimum atomic E-state index is -3.25. The topological polar surface area (TPSA) is 70.0 Å². The zero-order chi connectivity index (χ0) is 14.8. The summed E-state index contributed by atoms with van der Waals surface area (Å²) in [6, 6.07) is 12.1. The third-order valence-corrected chi connectivity index (χ3v) is 3.82. The summed E-state index contributed by atoms with van der Waals surface area (Å²) < 4.78 is 36.1. The molecule has 0 amide bonds. The smallest absolute Gasteiger partial charge is 0.175 e. The second kappa shape index (κ2) is 5.31. The van der Waals surface area contributed by atoms with E-state index in [-0.39, 0.29) is 10.5 Å². The van der Waals surface area contributed by atoms with Gasteiger partial charge >= 0.3 is 0 Å². The number of benzene rings is 2. The molecule has 0 fully saturated rings. The fraction of sp³-hybridized carbons (Fsp3) is 0.0714. The van der Waals surface area contributed by atoms with Crippen molar-refractivity contribution in [2.45, 2.75) is 4.90 Å². The first-order valence-corrected chi connectivity index (χ1v) is 7.57. The van der Waals surface area contributed by atoms with E-state index >= 15 is 0 Å². The first-order chi connectivity index (χ1) is 9.41. The summed E-state index contributed by atoms with van der Waals surface area (Å²) >= 11 is 0. The molecule has 0 aliphatic heterocycles. The molecular formula is C14H11FN2O2S. The summed E-state index contributed by atoms with van der Waals surface area (Å²) in [6.07, 6.45) is 1.12. The molecule has 0 unspecified atom stereocenters. The van der Waals surface area contributed by atoms with Crippen LogP contribution in [0.1, 0.15) is 5.56 Å². The maximum Gasteiger partial charge on any atom is 0.175 e. The third kappa shape index (κ3) is 2.95. The second-order valence-electron chi connectivity index (χ2n) is 4.20. The molecule has 1 N–H and O–H groups in total. The van der Waals surface area contributed by atoms with Crippen molar-refractivity contribution in [3.63, 3.8) is 0 Å². The standard InChI is InChI=1S/C14H11FN2O2S/c1-20(18,19)11-7-5-10(6-8-11)17-14-4-2-3-13(15)12(14)9-16/h2-8,17H,1H3. The van der Waals surface area contributed by atoms with Crippen molar-refractivity contribution in [3.8, 4) is 6.07 Å². The molecule has 102 valence electrons. The highest BCUT2D eigenvalue weighted by atomic mass is 32.2. The summed E-state index contributed by atoms with van der Waals surface area (Å²) in [7, 11) is -3.25. The Morgan fingerprint density at radius 1 is 1.15 bits per heavy atom. The molecule has 0 saturated carbocycles. The predicted molar refractivity (Wildman–Crippen MR) is 73.9 cm³/mol. The molecule has 0 aliphatic carbocycles. The summed E-state index contributed by atoms with van der Waals surface area (Å²) in [6.45, 7) is 0. The van der Waals surface area contributed by atoms with Crippen molar-refractivity contribution in [1.29, 1.82) is 5.26 Å². The van der Waals surface area contributed by atoms with Crippen LogP contribution >= 0.6 is 0 Å². The van der Waals surface area contributed by atoms with Crippen LogP contribution in [0.3, 0.4) is 0 Å². The van der Waals surface area contributed by atoms with Gasteiger partial charge in [-0.3, -0.25) is 0 Å². The highest BCUT2D eigenvalue weighted by Crippen LogP contribution is 2.23. The first-order valence-electron chi connectivity index (χ1n) is 5.67. The van der Waals surface area contributed by atoms with Gasteiger partial charge in [-0.2, -0.15) is 5.26 Å². The number of nitriles is 1. The maximum atomic E-state index is 13.4. The van der Waals surface area contributed by atoms with E-state index in [9.17, 15) is 12.8 Å². The van der Waals surface area contributed by atoms with Crippen LogP contribution in [0, 0.1) is 17.1 Å². The fourth-order valence-electron chi connectivity index (χ4n) is 1.68. The lowest BCUT2D eigenvalue weighted by molar-refractivity contribution is 0.602. The van der Waals surface area contributed by atoms with E-state index in [1.165, 1.54) is 24.3 Å². The second-order valence-corrected chi connectivity index (χ2v) is 6.21. The molecule has 0 spiro atoms. The number of rotatable bonds is 3. The molecule has 0 heterocycles. The van der Waals surface area contributed by atoms with Gasteiger partial charge in [0.25, 0.3) is 0 Å². The maximum absolute atomic E-state index is 13.4. The molecule has 2 aromatic rings. The Kier molecular flexibility index (Phi) is 3.72. The zero-order valence-electron chi connectivity index (χ0n) is 10.6. The van der Waals surface area contributed by atoms with Gasteiger partial charge in [-0.25, -0.2) is 12.8 Å². The van der Waals surface area contributed by atoms with E-state index < -0.39 is 15.7 Å². The number of hydrogen-bond donors (Lipinski definition) is 1. The van der Waals surface area contributed by atoms with Gasteiger partial charge in [0.15, 0.2) is 9.84 Å². The molecule has 0 aromatic heterocycles. The van der Waals surface area contributed by atoms with Crippen molar-refractivity contribution in [2.75, 3.05) is 11.6 Å². The largest absolute Gasteiger partial charge is 0.354 e. The zero-order valence-corrected chi connectivity index (χ0v) is 11.4. The lowest BCUT2D eigenvalue weighted by Gasteiger charge is -2.09. The molecule has 2 rings (SSSR count). The van der Waals surface area contributed by atoms with E-state index in [1.54, 1.807) is 24.3 Å². The minimum Gasteiger partial charge on any atom is -0.354 e. The van der Waals surface area contributed by atoms with Gasteiger partial charge in [0.2, 0.25) is 0 Å². The highest BCUT2D eigenvalue weighted by Gasteiger charge is 2.09. The lowest BCUT2D eigenvalue weighted by Crippen LogP contribution is -1.98. The number of nitrogens with zero attached hydrogens (tertiary/aromatic N) is 1. The molecule has 0 radical (unpaired) electrons. The monoisotopic (exact) mass is 290 g/mol. The number of sulfone groups is 1. The van der Waals surface area contributed by atoms with Crippen LogP contribution in [0.15, 0.2) is 47.4 Å². The van der Waals surface area contributed by atoms with Crippen LogP contribution in [0.5, 0.6) is 0 Å². The van der Waals surface area contributed by atoms with Gasteiger partial charge in [-0.1, -0.05) is 6.07 Å². The lowest BCUT2D eigenvalue weighted by atomic mass is 10.1. The molecule has 0 saturated heterocycles. The van der Waals surface area contributed by atoms with Crippen LogP contribution in [0.25, 0.3) is 0 Å². The van der Waals surface area contributed by atoms with Crippen molar-refractivity contribution >= 4 is 21.2 Å². The molecule has 2 aromatic carbocycles. The van der Waals surface area contributed by atoms with Crippen LogP contribution < -0.4 is 5.32 Å². The number of nitrogens with one attached hydrogen (secondary N) is 1. The molecule has 4 nitrogen and oxygen atoms in total. The molecule has 0 aliphatic rings. The first kappa shape index (κ1) is 14.0. The Balaban J connectivity index is 2.32. The average molecular weight is 290 g/mol. The summed E-state index contributed by atoms with van der Waals surface area (Å²) in [4.78, 5) is 0.197. The summed E-state index contributed by atoms with van der Waals surface area (Å²) in [5.41, 5.74) is 0.818. The number of hydrogen-bond acceptors (Lipinski definition) is 4. The Hall–Kier alpha value is -2.39. The van der Waals surface area contributed by atoms with E-state index in [4.69, 9.17) is 5.26 Å². The van der Waals surface area contributed by atoms with Gasteiger partial charge in [0, 0.05) is 11.9 Å². The van der Waals surface area contributed by atoms with Crippen molar-refractivity contribution in [1.82, 2.24) is 0 Å². The minimum absolute atomic E-state index is 0.0836. The van der Waals surface area contributed by atoms with Gasteiger partial charge < -0.3 is 5.32 Å². The Labute approximate surface area is 116 Å². The van der Waals surface area contributed by atoms with E-state index in [0.717, 1.165) is 6.26 Å². The normalized spacial score (nSPS) is 10.8. The van der Waals surface area contributed by atoms with E-state index in [0.29, 0.717) is 11.4 Å². The van der Waals surface area contributed by atoms with Crippen molar-refractivity contribution in [3.05, 3.63) is 53.8 Å². The van der Waals surface area contributed by atoms with Crippen molar-refractivity contribution in [2.24, 2.45) is 0 Å². The van der Waals surface area contributed by atoms with Crippen LogP contribution in [0.4, 0.5) is 15.8 Å². The van der Waals surface area contributed by atoms with Gasteiger partial charge in [-0.05, 0) is 36.4 Å². The Morgan fingerprint density at radius 3 is 2.35 bits per heavy atom. The highest BCUT2D eigenvalue weighted by molar-refractivity contribution is 7.90.